The van der Waals surface area contributed by atoms with Gasteiger partial charge >= 0.3 is 5.97 Å². The second kappa shape index (κ2) is 17.4. The van der Waals surface area contributed by atoms with Crippen molar-refractivity contribution < 1.29 is 38.0 Å². The lowest BCUT2D eigenvalue weighted by molar-refractivity contribution is -0.139. The van der Waals surface area contributed by atoms with Gasteiger partial charge in [0, 0.05) is 12.7 Å². The molecule has 26 heavy (non-hydrogen) atoms. The molecule has 0 N–H and O–H groups in total. The van der Waals surface area contributed by atoms with Crippen molar-refractivity contribution >= 4 is 5.97 Å². The average Bonchev–Trinajstić information content (AvgIpc) is 3.17. The average molecular weight is 376 g/mol. The zero-order chi connectivity index (χ0) is 18.7. The topological polar surface area (TPSA) is 81.7 Å². The van der Waals surface area contributed by atoms with Crippen molar-refractivity contribution in [1.82, 2.24) is 0 Å². The normalized spacial score (nSPS) is 16.7. The summed E-state index contributed by atoms with van der Waals surface area (Å²) in [5.74, 6) is -0.447. The van der Waals surface area contributed by atoms with E-state index in [1.807, 2.05) is 0 Å². The SMILES string of the molecule is C=CC(=O)OCCOCCOCCOCCOCCOCC1CCCO1. The monoisotopic (exact) mass is 376 g/mol. The summed E-state index contributed by atoms with van der Waals surface area (Å²) in [5.41, 5.74) is 0. The number of esters is 1. The summed E-state index contributed by atoms with van der Waals surface area (Å²) in [5, 5.41) is 0. The van der Waals surface area contributed by atoms with Crippen LogP contribution in [-0.2, 0) is 38.0 Å². The molecule has 0 aromatic rings. The molecule has 0 bridgehead atoms. The van der Waals surface area contributed by atoms with E-state index in [9.17, 15) is 4.79 Å². The summed E-state index contributed by atoms with van der Waals surface area (Å²) >= 11 is 0. The van der Waals surface area contributed by atoms with E-state index >= 15 is 0 Å². The van der Waals surface area contributed by atoms with Gasteiger partial charge < -0.3 is 33.2 Å². The van der Waals surface area contributed by atoms with Crippen LogP contribution in [0.5, 0.6) is 0 Å². The van der Waals surface area contributed by atoms with Crippen molar-refractivity contribution in [3.05, 3.63) is 12.7 Å². The van der Waals surface area contributed by atoms with Crippen LogP contribution in [0.15, 0.2) is 12.7 Å². The number of hydrogen-bond donors (Lipinski definition) is 0. The first-order chi connectivity index (χ1) is 12.8. The largest absolute Gasteiger partial charge is 0.460 e. The third-order valence-corrected chi connectivity index (χ3v) is 3.45. The van der Waals surface area contributed by atoms with Crippen molar-refractivity contribution in [2.75, 3.05) is 79.3 Å². The van der Waals surface area contributed by atoms with E-state index in [4.69, 9.17) is 33.2 Å². The van der Waals surface area contributed by atoms with Gasteiger partial charge in [0.05, 0.1) is 72.2 Å². The zero-order valence-corrected chi connectivity index (χ0v) is 15.5. The first kappa shape index (κ1) is 23.0. The molecule has 1 fully saturated rings. The van der Waals surface area contributed by atoms with Gasteiger partial charge in [-0.3, -0.25) is 0 Å². The van der Waals surface area contributed by atoms with Gasteiger partial charge in [-0.1, -0.05) is 6.58 Å². The lowest BCUT2D eigenvalue weighted by atomic mass is 10.2. The van der Waals surface area contributed by atoms with Gasteiger partial charge in [0.1, 0.15) is 6.61 Å². The van der Waals surface area contributed by atoms with Gasteiger partial charge in [-0.15, -0.1) is 0 Å². The Hall–Kier alpha value is -1.03. The number of carbonyl (C=O) groups excluding carboxylic acids is 1. The van der Waals surface area contributed by atoms with Gasteiger partial charge in [-0.05, 0) is 12.8 Å². The molecule has 0 amide bonds. The summed E-state index contributed by atoms with van der Waals surface area (Å²) in [6, 6.07) is 0. The van der Waals surface area contributed by atoms with Crippen LogP contribution >= 0.6 is 0 Å². The van der Waals surface area contributed by atoms with Crippen LogP contribution in [0.1, 0.15) is 12.8 Å². The highest BCUT2D eigenvalue weighted by atomic mass is 16.6. The van der Waals surface area contributed by atoms with Crippen molar-refractivity contribution in [2.24, 2.45) is 0 Å². The molecule has 1 unspecified atom stereocenters. The standard InChI is InChI=1S/C18H32O8/c1-2-18(19)26-15-14-23-11-10-21-7-6-20-8-9-22-12-13-24-16-17-4-3-5-25-17/h2,17H,1,3-16H2. The van der Waals surface area contributed by atoms with E-state index in [-0.39, 0.29) is 12.7 Å². The van der Waals surface area contributed by atoms with Crippen LogP contribution in [0.3, 0.4) is 0 Å². The Kier molecular flexibility index (Phi) is 15.4. The Morgan fingerprint density at radius 2 is 1.35 bits per heavy atom. The van der Waals surface area contributed by atoms with Gasteiger partial charge in [0.25, 0.3) is 0 Å². The van der Waals surface area contributed by atoms with Crippen molar-refractivity contribution in [3.8, 4) is 0 Å². The van der Waals surface area contributed by atoms with Crippen molar-refractivity contribution in [1.29, 1.82) is 0 Å². The molecule has 152 valence electrons. The summed E-state index contributed by atoms with van der Waals surface area (Å²) in [4.78, 5) is 10.8. The number of ether oxygens (including phenoxy) is 7. The molecular weight excluding hydrogens is 344 g/mol. The smallest absolute Gasteiger partial charge is 0.330 e. The van der Waals surface area contributed by atoms with Crippen LogP contribution in [0, 0.1) is 0 Å². The molecule has 1 atom stereocenters. The molecular formula is C18H32O8. The maximum Gasteiger partial charge on any atom is 0.330 e. The Balaban J connectivity index is 1.65. The summed E-state index contributed by atoms with van der Waals surface area (Å²) < 4.78 is 37.1. The number of rotatable bonds is 18. The highest BCUT2D eigenvalue weighted by molar-refractivity contribution is 5.81. The number of carbonyl (C=O) groups is 1. The lowest BCUT2D eigenvalue weighted by Crippen LogP contribution is -2.17. The van der Waals surface area contributed by atoms with Crippen LogP contribution in [0.25, 0.3) is 0 Å². The van der Waals surface area contributed by atoms with E-state index < -0.39 is 5.97 Å². The molecule has 0 aromatic heterocycles. The van der Waals surface area contributed by atoms with Gasteiger partial charge in [0.15, 0.2) is 0 Å². The van der Waals surface area contributed by atoms with E-state index in [0.717, 1.165) is 25.5 Å². The highest BCUT2D eigenvalue weighted by Crippen LogP contribution is 2.11. The minimum Gasteiger partial charge on any atom is -0.460 e. The minimum atomic E-state index is -0.447. The fourth-order valence-corrected chi connectivity index (χ4v) is 2.13. The van der Waals surface area contributed by atoms with Crippen LogP contribution in [-0.4, -0.2) is 91.4 Å². The summed E-state index contributed by atoms with van der Waals surface area (Å²) in [6.07, 6.45) is 3.60. The first-order valence-electron chi connectivity index (χ1n) is 9.12. The van der Waals surface area contributed by atoms with Crippen LogP contribution in [0.4, 0.5) is 0 Å². The van der Waals surface area contributed by atoms with E-state index in [1.54, 1.807) is 0 Å². The van der Waals surface area contributed by atoms with Crippen LogP contribution in [0.2, 0.25) is 0 Å². The Morgan fingerprint density at radius 1 is 0.846 bits per heavy atom. The Bertz CT molecular complexity index is 344. The molecule has 0 radical (unpaired) electrons. The third-order valence-electron chi connectivity index (χ3n) is 3.45. The van der Waals surface area contributed by atoms with Crippen LogP contribution < -0.4 is 0 Å². The fraction of sp³-hybridized carbons (Fsp3) is 0.833. The number of hydrogen-bond acceptors (Lipinski definition) is 8. The maximum atomic E-state index is 10.8. The molecule has 1 heterocycles. The molecule has 1 saturated heterocycles. The molecule has 0 saturated carbocycles. The summed E-state index contributed by atoms with van der Waals surface area (Å²) in [6.45, 7) is 9.49. The van der Waals surface area contributed by atoms with Gasteiger partial charge in [0.2, 0.25) is 0 Å². The van der Waals surface area contributed by atoms with Crippen molar-refractivity contribution in [2.45, 2.75) is 18.9 Å². The fourth-order valence-electron chi connectivity index (χ4n) is 2.13. The third kappa shape index (κ3) is 14.2. The second-order valence-corrected chi connectivity index (χ2v) is 5.53. The van der Waals surface area contributed by atoms with E-state index in [0.29, 0.717) is 66.1 Å². The molecule has 0 aromatic carbocycles. The van der Waals surface area contributed by atoms with E-state index in [2.05, 4.69) is 6.58 Å². The molecule has 1 aliphatic heterocycles. The molecule has 8 heteroatoms. The predicted molar refractivity (Wildman–Crippen MR) is 94.2 cm³/mol. The van der Waals surface area contributed by atoms with Gasteiger partial charge in [-0.2, -0.15) is 0 Å². The Labute approximate surface area is 155 Å². The summed E-state index contributed by atoms with van der Waals surface area (Å²) in [7, 11) is 0. The second-order valence-electron chi connectivity index (χ2n) is 5.53. The highest BCUT2D eigenvalue weighted by Gasteiger charge is 2.14. The molecule has 0 spiro atoms. The molecule has 0 aliphatic carbocycles. The lowest BCUT2D eigenvalue weighted by Gasteiger charge is -2.10. The zero-order valence-electron chi connectivity index (χ0n) is 15.5. The molecule has 1 aliphatic rings. The van der Waals surface area contributed by atoms with E-state index in [1.165, 1.54) is 0 Å². The molecule has 8 nitrogen and oxygen atoms in total. The molecule has 1 rings (SSSR count). The van der Waals surface area contributed by atoms with Crippen molar-refractivity contribution in [3.63, 3.8) is 0 Å². The quantitative estimate of drug-likeness (QED) is 0.199. The maximum absolute atomic E-state index is 10.8. The first-order valence-corrected chi connectivity index (χ1v) is 9.12. The van der Waals surface area contributed by atoms with Gasteiger partial charge in [-0.25, -0.2) is 4.79 Å². The minimum absolute atomic E-state index is 0.216. The predicted octanol–water partition coefficient (Wildman–Crippen LogP) is 0.978. The Morgan fingerprint density at radius 3 is 1.81 bits per heavy atom.